The monoisotopic (exact) mass is 337 g/mol. The smallest absolute Gasteiger partial charge is 0.203 e. The number of anilines is 1. The van der Waals surface area contributed by atoms with Crippen LogP contribution in [0.3, 0.4) is 0 Å². The van der Waals surface area contributed by atoms with E-state index in [1.165, 1.54) is 11.3 Å². The minimum Gasteiger partial charge on any atom is -0.374 e. The van der Waals surface area contributed by atoms with Gasteiger partial charge in [0.05, 0.1) is 5.02 Å². The number of hydrogen-bond acceptors (Lipinski definition) is 4. The van der Waals surface area contributed by atoms with Crippen molar-refractivity contribution >= 4 is 50.7 Å². The molecule has 0 atom stereocenters. The van der Waals surface area contributed by atoms with Gasteiger partial charge in [0.15, 0.2) is 5.01 Å². The summed E-state index contributed by atoms with van der Waals surface area (Å²) in [4.78, 5) is 0. The van der Waals surface area contributed by atoms with E-state index >= 15 is 0 Å². The van der Waals surface area contributed by atoms with E-state index < -0.39 is 0 Å². The number of halogens is 2. The molecule has 0 aliphatic carbocycles. The van der Waals surface area contributed by atoms with E-state index in [0.717, 1.165) is 19.2 Å². The third kappa shape index (κ3) is 1.84. The van der Waals surface area contributed by atoms with Crippen molar-refractivity contribution in [2.24, 2.45) is 0 Å². The number of rotatable bonds is 1. The summed E-state index contributed by atoms with van der Waals surface area (Å²) in [6.45, 7) is 0. The highest BCUT2D eigenvalue weighted by Crippen LogP contribution is 2.32. The Balaban J connectivity index is 2.57. The van der Waals surface area contributed by atoms with Gasteiger partial charge in [0.2, 0.25) is 5.13 Å². The Bertz CT molecular complexity index is 471. The summed E-state index contributed by atoms with van der Waals surface area (Å²) in [5.41, 5.74) is 6.49. The second kappa shape index (κ2) is 4.00. The second-order valence-corrected chi connectivity index (χ2v) is 5.04. The molecule has 2 aromatic rings. The van der Waals surface area contributed by atoms with Crippen molar-refractivity contribution in [3.8, 4) is 10.6 Å². The molecule has 14 heavy (non-hydrogen) atoms. The number of nitrogens with zero attached hydrogens (tertiary/aromatic N) is 2. The van der Waals surface area contributed by atoms with E-state index in [4.69, 9.17) is 17.3 Å². The van der Waals surface area contributed by atoms with Crippen LogP contribution in [0, 0.1) is 3.57 Å². The average molecular weight is 338 g/mol. The van der Waals surface area contributed by atoms with Gasteiger partial charge in [0.25, 0.3) is 0 Å². The first-order chi connectivity index (χ1) is 6.68. The lowest BCUT2D eigenvalue weighted by molar-refractivity contribution is 1.10. The molecule has 0 saturated heterocycles. The van der Waals surface area contributed by atoms with Gasteiger partial charge in [-0.1, -0.05) is 35.1 Å². The Morgan fingerprint density at radius 1 is 1.36 bits per heavy atom. The first kappa shape index (κ1) is 10.1. The van der Waals surface area contributed by atoms with Crippen LogP contribution in [-0.2, 0) is 0 Å². The summed E-state index contributed by atoms with van der Waals surface area (Å²) < 4.78 is 0.975. The molecule has 3 nitrogen and oxygen atoms in total. The topological polar surface area (TPSA) is 51.8 Å². The van der Waals surface area contributed by atoms with Gasteiger partial charge in [-0.15, -0.1) is 10.2 Å². The fourth-order valence-electron chi connectivity index (χ4n) is 1.01. The molecule has 1 aromatic carbocycles. The van der Waals surface area contributed by atoms with Gasteiger partial charge < -0.3 is 5.73 Å². The second-order valence-electron chi connectivity index (χ2n) is 2.55. The molecule has 0 aliphatic heterocycles. The van der Waals surface area contributed by atoms with Crippen molar-refractivity contribution < 1.29 is 0 Å². The van der Waals surface area contributed by atoms with Gasteiger partial charge in [-0.05, 0) is 28.7 Å². The largest absolute Gasteiger partial charge is 0.374 e. The molecular formula is C8H5ClIN3S. The average Bonchev–Trinajstić information content (AvgIpc) is 2.57. The van der Waals surface area contributed by atoms with Gasteiger partial charge >= 0.3 is 0 Å². The summed E-state index contributed by atoms with van der Waals surface area (Å²) in [5, 5.41) is 9.72. The molecular weight excluding hydrogens is 333 g/mol. The van der Waals surface area contributed by atoms with Gasteiger partial charge in [0.1, 0.15) is 0 Å². The number of aromatic nitrogens is 2. The van der Waals surface area contributed by atoms with Crippen LogP contribution in [0.5, 0.6) is 0 Å². The van der Waals surface area contributed by atoms with E-state index in [1.54, 1.807) is 0 Å². The molecule has 0 amide bonds. The zero-order valence-corrected chi connectivity index (χ0v) is 10.6. The Kier molecular flexibility index (Phi) is 2.89. The highest BCUT2D eigenvalue weighted by Gasteiger charge is 2.10. The molecule has 1 aromatic heterocycles. The first-order valence-corrected chi connectivity index (χ1v) is 5.99. The zero-order valence-electron chi connectivity index (χ0n) is 6.87. The minimum atomic E-state index is 0.468. The highest BCUT2D eigenvalue weighted by molar-refractivity contribution is 14.1. The van der Waals surface area contributed by atoms with E-state index in [-0.39, 0.29) is 0 Å². The van der Waals surface area contributed by atoms with Gasteiger partial charge in [-0.2, -0.15) is 0 Å². The molecule has 2 N–H and O–H groups in total. The van der Waals surface area contributed by atoms with Crippen LogP contribution in [-0.4, -0.2) is 10.2 Å². The minimum absolute atomic E-state index is 0.468. The van der Waals surface area contributed by atoms with E-state index in [2.05, 4.69) is 32.8 Å². The summed E-state index contributed by atoms with van der Waals surface area (Å²) >= 11 is 9.53. The Morgan fingerprint density at radius 3 is 2.79 bits per heavy atom. The lowest BCUT2D eigenvalue weighted by Gasteiger charge is -2.00. The summed E-state index contributed by atoms with van der Waals surface area (Å²) in [7, 11) is 0. The van der Waals surface area contributed by atoms with Crippen LogP contribution in [0.25, 0.3) is 10.6 Å². The maximum Gasteiger partial charge on any atom is 0.203 e. The summed E-state index contributed by atoms with van der Waals surface area (Å²) in [6.07, 6.45) is 0. The van der Waals surface area contributed by atoms with Crippen LogP contribution in [0.2, 0.25) is 5.02 Å². The summed E-state index contributed by atoms with van der Waals surface area (Å²) in [5.74, 6) is 0. The molecule has 1 heterocycles. The van der Waals surface area contributed by atoms with E-state index in [0.29, 0.717) is 5.13 Å². The molecule has 0 saturated carbocycles. The number of benzene rings is 1. The predicted octanol–water partition coefficient (Wildman–Crippen LogP) is 3.05. The van der Waals surface area contributed by atoms with Crippen LogP contribution in [0.15, 0.2) is 18.2 Å². The van der Waals surface area contributed by atoms with Gasteiger partial charge in [-0.25, -0.2) is 0 Å². The molecule has 6 heteroatoms. The number of hydrogen-bond donors (Lipinski definition) is 1. The van der Waals surface area contributed by atoms with Crippen molar-refractivity contribution in [1.82, 2.24) is 10.2 Å². The summed E-state index contributed by atoms with van der Waals surface area (Å²) in [6, 6.07) is 5.68. The normalized spacial score (nSPS) is 10.4. The maximum atomic E-state index is 5.99. The van der Waals surface area contributed by atoms with Crippen LogP contribution < -0.4 is 5.73 Å². The SMILES string of the molecule is Nc1nnc(-c2cccc(Cl)c2I)s1. The van der Waals surface area contributed by atoms with Gasteiger partial charge in [0, 0.05) is 9.13 Å². The molecule has 2 rings (SSSR count). The molecule has 72 valence electrons. The highest BCUT2D eigenvalue weighted by atomic mass is 127. The Labute approximate surface area is 103 Å². The lowest BCUT2D eigenvalue weighted by atomic mass is 10.2. The molecule has 0 radical (unpaired) electrons. The van der Waals surface area contributed by atoms with Gasteiger partial charge in [-0.3, -0.25) is 0 Å². The third-order valence-corrected chi connectivity index (χ3v) is 4.20. The Morgan fingerprint density at radius 2 is 2.14 bits per heavy atom. The molecule has 0 fully saturated rings. The quantitative estimate of drug-likeness (QED) is 0.814. The predicted molar refractivity (Wildman–Crippen MR) is 67.5 cm³/mol. The standard InChI is InChI=1S/C8H5ClIN3S/c9-5-3-1-2-4(6(5)10)7-12-13-8(11)14-7/h1-3H,(H2,11,13). The number of nitrogens with two attached hydrogens (primary N) is 1. The fraction of sp³-hybridized carbons (Fsp3) is 0. The zero-order chi connectivity index (χ0) is 10.1. The van der Waals surface area contributed by atoms with Crippen molar-refractivity contribution in [3.05, 3.63) is 26.8 Å². The number of nitrogen functional groups attached to an aromatic ring is 1. The first-order valence-electron chi connectivity index (χ1n) is 3.72. The van der Waals surface area contributed by atoms with Crippen molar-refractivity contribution in [1.29, 1.82) is 0 Å². The van der Waals surface area contributed by atoms with Crippen LogP contribution in [0.4, 0.5) is 5.13 Å². The van der Waals surface area contributed by atoms with Crippen LogP contribution >= 0.6 is 45.5 Å². The lowest BCUT2D eigenvalue weighted by Crippen LogP contribution is -1.83. The van der Waals surface area contributed by atoms with E-state index in [9.17, 15) is 0 Å². The molecule has 0 spiro atoms. The van der Waals surface area contributed by atoms with E-state index in [1.807, 2.05) is 18.2 Å². The molecule has 0 aliphatic rings. The molecule has 0 bridgehead atoms. The van der Waals surface area contributed by atoms with Crippen molar-refractivity contribution in [3.63, 3.8) is 0 Å². The molecule has 0 unspecified atom stereocenters. The van der Waals surface area contributed by atoms with Crippen molar-refractivity contribution in [2.45, 2.75) is 0 Å². The van der Waals surface area contributed by atoms with Crippen molar-refractivity contribution in [2.75, 3.05) is 5.73 Å². The van der Waals surface area contributed by atoms with Crippen LogP contribution in [0.1, 0.15) is 0 Å². The fourth-order valence-corrected chi connectivity index (χ4v) is 2.63. The maximum absolute atomic E-state index is 5.99. The Hall–Kier alpha value is -0.400. The third-order valence-electron chi connectivity index (χ3n) is 1.62.